The van der Waals surface area contributed by atoms with Gasteiger partial charge in [0.15, 0.2) is 0 Å². The van der Waals surface area contributed by atoms with Gasteiger partial charge in [-0.25, -0.2) is 5.01 Å². The molecule has 0 unspecified atom stereocenters. The van der Waals surface area contributed by atoms with Gasteiger partial charge in [-0.05, 0) is 54.4 Å². The topological polar surface area (TPSA) is 38.5 Å². The number of hydrogen-bond donors (Lipinski definition) is 1. The lowest BCUT2D eigenvalue weighted by atomic mass is 9.81. The molecule has 140 valence electrons. The van der Waals surface area contributed by atoms with Crippen LogP contribution in [0.5, 0.6) is 5.75 Å². The Morgan fingerprint density at radius 2 is 1.96 bits per heavy atom. The van der Waals surface area contributed by atoms with Crippen LogP contribution in [-0.2, 0) is 12.8 Å². The van der Waals surface area contributed by atoms with Gasteiger partial charge in [-0.1, -0.05) is 49.4 Å². The van der Waals surface area contributed by atoms with Crippen LogP contribution in [0.3, 0.4) is 0 Å². The molecular weight excluding hydrogens is 334 g/mol. The Kier molecular flexibility index (Phi) is 6.22. The van der Waals surface area contributed by atoms with E-state index < -0.39 is 6.61 Å². The van der Waals surface area contributed by atoms with E-state index in [0.29, 0.717) is 6.42 Å². The molecule has 2 aromatic carbocycles. The van der Waals surface area contributed by atoms with E-state index in [1.807, 2.05) is 35.3 Å². The molecule has 1 heterocycles. The minimum atomic E-state index is -2.82. The van der Waals surface area contributed by atoms with E-state index in [-0.39, 0.29) is 17.7 Å². The van der Waals surface area contributed by atoms with Crippen molar-refractivity contribution in [3.63, 3.8) is 0 Å². The second-order valence-electron chi connectivity index (χ2n) is 6.87. The lowest BCUT2D eigenvalue weighted by molar-refractivity contribution is -0.0507. The van der Waals surface area contributed by atoms with Gasteiger partial charge in [0.05, 0.1) is 6.04 Å². The number of ether oxygens (including phenoxy) is 1. The van der Waals surface area contributed by atoms with Crippen molar-refractivity contribution in [1.82, 2.24) is 5.01 Å². The number of hydrogen-bond acceptors (Lipinski definition) is 3. The molecule has 0 amide bonds. The number of aryl methyl sites for hydroxylation is 1. The summed E-state index contributed by atoms with van der Waals surface area (Å²) < 4.78 is 30.4. The average molecular weight is 360 g/mol. The molecule has 3 nitrogen and oxygen atoms in total. The minimum Gasteiger partial charge on any atom is -0.435 e. The molecule has 2 N–H and O–H groups in total. The zero-order chi connectivity index (χ0) is 18.5. The second-order valence-corrected chi connectivity index (χ2v) is 6.87. The molecule has 1 aliphatic rings. The van der Waals surface area contributed by atoms with E-state index in [0.717, 1.165) is 36.9 Å². The van der Waals surface area contributed by atoms with Gasteiger partial charge in [0, 0.05) is 6.54 Å². The summed E-state index contributed by atoms with van der Waals surface area (Å²) in [5, 5.41) is 1.89. The quantitative estimate of drug-likeness (QED) is 0.758. The third-order valence-electron chi connectivity index (χ3n) is 5.17. The Morgan fingerprint density at radius 1 is 1.19 bits per heavy atom. The first kappa shape index (κ1) is 18.8. The van der Waals surface area contributed by atoms with E-state index in [1.54, 1.807) is 6.07 Å². The highest BCUT2D eigenvalue weighted by atomic mass is 19.3. The van der Waals surface area contributed by atoms with Crippen LogP contribution in [0.4, 0.5) is 8.78 Å². The number of halogens is 2. The van der Waals surface area contributed by atoms with Crippen LogP contribution in [0.25, 0.3) is 0 Å². The fraction of sp³-hybridized carbons (Fsp3) is 0.429. The maximum atomic E-state index is 12.8. The standard InChI is InChI=1S/C21H26F2N2O/c1-2-15-10-11-19(26-21(22)23)18(13-15)14-17-9-6-12-25(24)20(17)16-7-4-3-5-8-16/h3-5,7-8,10-11,13,17,20-21H,2,6,9,12,14,24H2,1H3/t17-,20+/m0/s1. The van der Waals surface area contributed by atoms with Gasteiger partial charge >= 0.3 is 6.61 Å². The van der Waals surface area contributed by atoms with Crippen LogP contribution in [0, 0.1) is 5.92 Å². The molecule has 1 fully saturated rings. The van der Waals surface area contributed by atoms with Gasteiger partial charge in [0.25, 0.3) is 0 Å². The van der Waals surface area contributed by atoms with Gasteiger partial charge in [0.1, 0.15) is 5.75 Å². The van der Waals surface area contributed by atoms with Crippen molar-refractivity contribution >= 4 is 0 Å². The fourth-order valence-corrected chi connectivity index (χ4v) is 3.94. The predicted molar refractivity (Wildman–Crippen MR) is 99.0 cm³/mol. The minimum absolute atomic E-state index is 0.0784. The van der Waals surface area contributed by atoms with Gasteiger partial charge in [-0.2, -0.15) is 8.78 Å². The molecule has 0 bridgehead atoms. The largest absolute Gasteiger partial charge is 0.435 e. The molecule has 1 saturated heterocycles. The highest BCUT2D eigenvalue weighted by Crippen LogP contribution is 2.38. The van der Waals surface area contributed by atoms with Gasteiger partial charge < -0.3 is 4.74 Å². The average Bonchev–Trinajstić information content (AvgIpc) is 2.63. The van der Waals surface area contributed by atoms with Crippen molar-refractivity contribution in [2.45, 2.75) is 45.3 Å². The normalized spacial score (nSPS) is 21.1. The Hall–Kier alpha value is -1.98. The maximum Gasteiger partial charge on any atom is 0.387 e. The molecule has 26 heavy (non-hydrogen) atoms. The molecule has 0 saturated carbocycles. The first-order valence-electron chi connectivity index (χ1n) is 9.21. The third kappa shape index (κ3) is 4.40. The summed E-state index contributed by atoms with van der Waals surface area (Å²) in [4.78, 5) is 0. The van der Waals surface area contributed by atoms with E-state index in [4.69, 9.17) is 10.6 Å². The van der Waals surface area contributed by atoms with Gasteiger partial charge in [0.2, 0.25) is 0 Å². The molecule has 2 atom stereocenters. The van der Waals surface area contributed by atoms with Crippen LogP contribution in [0.1, 0.15) is 42.5 Å². The molecule has 1 aliphatic heterocycles. The van der Waals surface area contributed by atoms with E-state index in [1.165, 1.54) is 5.56 Å². The Bertz CT molecular complexity index is 708. The third-order valence-corrected chi connectivity index (χ3v) is 5.17. The summed E-state index contributed by atoms with van der Waals surface area (Å²) in [7, 11) is 0. The SMILES string of the molecule is CCc1ccc(OC(F)F)c(C[C@@H]2CCCN(N)[C@@H]2c2ccccc2)c1. The van der Waals surface area contributed by atoms with Crippen molar-refractivity contribution in [2.24, 2.45) is 11.8 Å². The zero-order valence-corrected chi connectivity index (χ0v) is 15.1. The molecular formula is C21H26F2N2O. The Balaban J connectivity index is 1.90. The first-order chi connectivity index (χ1) is 12.6. The van der Waals surface area contributed by atoms with Gasteiger partial charge in [-0.3, -0.25) is 5.84 Å². The summed E-state index contributed by atoms with van der Waals surface area (Å²) >= 11 is 0. The Labute approximate surface area is 153 Å². The molecule has 0 aromatic heterocycles. The van der Waals surface area contributed by atoms with Crippen LogP contribution in [0.2, 0.25) is 0 Å². The van der Waals surface area contributed by atoms with Crippen LogP contribution < -0.4 is 10.6 Å². The lowest BCUT2D eigenvalue weighted by Crippen LogP contribution is -2.44. The molecule has 3 rings (SSSR count). The van der Waals surface area contributed by atoms with Crippen molar-refractivity contribution in [3.05, 3.63) is 65.2 Å². The summed E-state index contributed by atoms with van der Waals surface area (Å²) in [6.45, 7) is 0.0798. The summed E-state index contributed by atoms with van der Waals surface area (Å²) in [6.07, 6.45) is 3.54. The first-order valence-corrected chi connectivity index (χ1v) is 9.21. The summed E-state index contributed by atoms with van der Waals surface area (Å²) in [5.41, 5.74) is 3.13. The molecule has 2 aromatic rings. The smallest absolute Gasteiger partial charge is 0.387 e. The van der Waals surface area contributed by atoms with Crippen molar-refractivity contribution in [2.75, 3.05) is 6.54 Å². The lowest BCUT2D eigenvalue weighted by Gasteiger charge is -2.39. The fourth-order valence-electron chi connectivity index (χ4n) is 3.94. The monoisotopic (exact) mass is 360 g/mol. The number of hydrazine groups is 1. The number of benzene rings is 2. The van der Waals surface area contributed by atoms with Crippen LogP contribution >= 0.6 is 0 Å². The second kappa shape index (κ2) is 8.60. The van der Waals surface area contributed by atoms with E-state index in [9.17, 15) is 8.78 Å². The molecule has 5 heteroatoms. The summed E-state index contributed by atoms with van der Waals surface area (Å²) in [5.74, 6) is 6.84. The zero-order valence-electron chi connectivity index (χ0n) is 15.1. The van der Waals surface area contributed by atoms with Crippen LogP contribution in [-0.4, -0.2) is 18.2 Å². The summed E-state index contributed by atoms with van der Waals surface area (Å²) in [6, 6.07) is 15.8. The highest BCUT2D eigenvalue weighted by Gasteiger charge is 2.31. The number of nitrogens with zero attached hydrogens (tertiary/aromatic N) is 1. The van der Waals surface area contributed by atoms with Crippen molar-refractivity contribution < 1.29 is 13.5 Å². The van der Waals surface area contributed by atoms with E-state index >= 15 is 0 Å². The van der Waals surface area contributed by atoms with E-state index in [2.05, 4.69) is 19.1 Å². The van der Waals surface area contributed by atoms with Crippen molar-refractivity contribution in [1.29, 1.82) is 0 Å². The van der Waals surface area contributed by atoms with Crippen molar-refractivity contribution in [3.8, 4) is 5.75 Å². The molecule has 0 radical (unpaired) electrons. The predicted octanol–water partition coefficient (Wildman–Crippen LogP) is 4.72. The Morgan fingerprint density at radius 3 is 2.65 bits per heavy atom. The molecule has 0 spiro atoms. The number of alkyl halides is 2. The molecule has 0 aliphatic carbocycles. The number of piperidine rings is 1. The number of nitrogens with two attached hydrogens (primary N) is 1. The maximum absolute atomic E-state index is 12.8. The van der Waals surface area contributed by atoms with Gasteiger partial charge in [-0.15, -0.1) is 0 Å². The highest BCUT2D eigenvalue weighted by molar-refractivity contribution is 5.38. The van der Waals surface area contributed by atoms with Crippen LogP contribution in [0.15, 0.2) is 48.5 Å². The number of rotatable bonds is 6.